The molecule has 2 saturated carbocycles. The number of nitrogens with zero attached hydrogens (tertiary/aromatic N) is 3. The summed E-state index contributed by atoms with van der Waals surface area (Å²) in [5.74, 6) is 2.57. The van der Waals surface area contributed by atoms with Crippen molar-refractivity contribution in [2.45, 2.75) is 31.2 Å². The second kappa shape index (κ2) is 8.30. The van der Waals surface area contributed by atoms with E-state index in [1.807, 2.05) is 7.05 Å². The van der Waals surface area contributed by atoms with Gasteiger partial charge in [0.2, 0.25) is 5.91 Å². The van der Waals surface area contributed by atoms with Gasteiger partial charge in [0.25, 0.3) is 0 Å². The Labute approximate surface area is 162 Å². The number of piperazine rings is 1. The Morgan fingerprint density at radius 1 is 1.15 bits per heavy atom. The zero-order valence-corrected chi connectivity index (χ0v) is 16.2. The van der Waals surface area contributed by atoms with E-state index in [1.165, 1.54) is 12.0 Å². The van der Waals surface area contributed by atoms with Crippen LogP contribution in [0.5, 0.6) is 0 Å². The van der Waals surface area contributed by atoms with Gasteiger partial charge in [0.1, 0.15) is 0 Å². The van der Waals surface area contributed by atoms with E-state index in [4.69, 9.17) is 0 Å². The number of rotatable bonds is 6. The third-order valence-electron chi connectivity index (χ3n) is 5.87. The smallest absolute Gasteiger partial charge is 0.234 e. The lowest BCUT2D eigenvalue weighted by molar-refractivity contribution is -0.122. The highest BCUT2D eigenvalue weighted by Gasteiger charge is 2.38. The predicted molar refractivity (Wildman–Crippen MR) is 108 cm³/mol. The van der Waals surface area contributed by atoms with Gasteiger partial charge in [-0.25, -0.2) is 0 Å². The highest BCUT2D eigenvalue weighted by molar-refractivity contribution is 5.80. The average Bonchev–Trinajstić information content (AvgIpc) is 3.61. The van der Waals surface area contributed by atoms with Crippen LogP contribution in [-0.2, 0) is 4.79 Å². The van der Waals surface area contributed by atoms with E-state index in [-0.39, 0.29) is 5.91 Å². The first kappa shape index (κ1) is 18.3. The summed E-state index contributed by atoms with van der Waals surface area (Å²) >= 11 is 0. The molecule has 1 heterocycles. The van der Waals surface area contributed by atoms with Crippen molar-refractivity contribution in [3.8, 4) is 0 Å². The van der Waals surface area contributed by atoms with Crippen LogP contribution in [0.4, 0.5) is 0 Å². The molecule has 0 bridgehead atoms. The molecule has 2 N–H and O–H groups in total. The molecule has 27 heavy (non-hydrogen) atoms. The van der Waals surface area contributed by atoms with E-state index in [9.17, 15) is 4.79 Å². The molecule has 146 valence electrons. The maximum Gasteiger partial charge on any atom is 0.234 e. The molecule has 0 radical (unpaired) electrons. The van der Waals surface area contributed by atoms with Crippen LogP contribution >= 0.6 is 0 Å². The summed E-state index contributed by atoms with van der Waals surface area (Å²) in [4.78, 5) is 21.0. The fourth-order valence-electron chi connectivity index (χ4n) is 3.96. The quantitative estimate of drug-likeness (QED) is 0.586. The highest BCUT2D eigenvalue weighted by atomic mass is 16.2. The van der Waals surface area contributed by atoms with Crippen LogP contribution < -0.4 is 10.6 Å². The van der Waals surface area contributed by atoms with Gasteiger partial charge in [0.05, 0.1) is 6.54 Å². The third kappa shape index (κ3) is 5.01. The number of nitrogens with one attached hydrogen (secondary N) is 2. The molecule has 6 nitrogen and oxygen atoms in total. The molecule has 1 aromatic carbocycles. The standard InChI is InChI=1S/C21H31N5O/c1-22-21(23-14-17-13-19(17)16-5-3-2-4-6-16)26-11-9-25(10-12-26)15-20(27)24-18-7-8-18/h2-6,17-19H,7-15H2,1H3,(H,22,23)(H,24,27). The van der Waals surface area contributed by atoms with Crippen molar-refractivity contribution in [1.82, 2.24) is 20.4 Å². The van der Waals surface area contributed by atoms with Crippen LogP contribution in [0.2, 0.25) is 0 Å². The van der Waals surface area contributed by atoms with E-state index in [0.717, 1.165) is 51.5 Å². The molecule has 0 spiro atoms. The molecule has 0 aromatic heterocycles. The van der Waals surface area contributed by atoms with Crippen molar-refractivity contribution >= 4 is 11.9 Å². The Morgan fingerprint density at radius 3 is 2.56 bits per heavy atom. The van der Waals surface area contributed by atoms with Crippen molar-refractivity contribution in [3.63, 3.8) is 0 Å². The van der Waals surface area contributed by atoms with Gasteiger partial charge in [-0.15, -0.1) is 0 Å². The summed E-state index contributed by atoms with van der Waals surface area (Å²) in [5.41, 5.74) is 1.46. The molecule has 3 aliphatic rings. The number of carbonyl (C=O) groups is 1. The van der Waals surface area contributed by atoms with E-state index in [2.05, 4.69) is 55.8 Å². The molecule has 1 saturated heterocycles. The molecular formula is C21H31N5O. The third-order valence-corrected chi connectivity index (χ3v) is 5.87. The van der Waals surface area contributed by atoms with Crippen LogP contribution in [-0.4, -0.2) is 74.0 Å². The van der Waals surface area contributed by atoms with Crippen LogP contribution in [0, 0.1) is 5.92 Å². The molecule has 1 aliphatic heterocycles. The highest BCUT2D eigenvalue weighted by Crippen LogP contribution is 2.46. The minimum absolute atomic E-state index is 0.175. The number of aliphatic imine (C=N–C) groups is 1. The second-order valence-electron chi connectivity index (χ2n) is 8.05. The van der Waals surface area contributed by atoms with E-state index in [1.54, 1.807) is 0 Å². The molecule has 6 heteroatoms. The first-order chi connectivity index (χ1) is 13.2. The monoisotopic (exact) mass is 369 g/mol. The van der Waals surface area contributed by atoms with Crippen molar-refractivity contribution < 1.29 is 4.79 Å². The largest absolute Gasteiger partial charge is 0.356 e. The van der Waals surface area contributed by atoms with Gasteiger partial charge < -0.3 is 15.5 Å². The molecule has 3 fully saturated rings. The minimum Gasteiger partial charge on any atom is -0.356 e. The zero-order valence-electron chi connectivity index (χ0n) is 16.2. The molecule has 1 aromatic rings. The fourth-order valence-corrected chi connectivity index (χ4v) is 3.96. The van der Waals surface area contributed by atoms with Crippen LogP contribution in [0.25, 0.3) is 0 Å². The summed E-state index contributed by atoms with van der Waals surface area (Å²) in [5, 5.41) is 6.64. The van der Waals surface area contributed by atoms with Gasteiger partial charge in [-0.05, 0) is 36.7 Å². The van der Waals surface area contributed by atoms with Gasteiger partial charge in [0, 0.05) is 45.8 Å². The van der Waals surface area contributed by atoms with Crippen molar-refractivity contribution in [2.75, 3.05) is 46.3 Å². The van der Waals surface area contributed by atoms with E-state index in [0.29, 0.717) is 24.4 Å². The second-order valence-corrected chi connectivity index (χ2v) is 8.05. The fraction of sp³-hybridized carbons (Fsp3) is 0.619. The van der Waals surface area contributed by atoms with Gasteiger partial charge in [-0.1, -0.05) is 30.3 Å². The summed E-state index contributed by atoms with van der Waals surface area (Å²) in [6.45, 7) is 5.17. The normalized spacial score (nSPS) is 26.0. The summed E-state index contributed by atoms with van der Waals surface area (Å²) in [6.07, 6.45) is 3.55. The lowest BCUT2D eigenvalue weighted by atomic mass is 10.1. The van der Waals surface area contributed by atoms with Crippen LogP contribution in [0.15, 0.2) is 35.3 Å². The summed E-state index contributed by atoms with van der Waals surface area (Å²) < 4.78 is 0. The maximum absolute atomic E-state index is 12.0. The van der Waals surface area contributed by atoms with Crippen molar-refractivity contribution in [3.05, 3.63) is 35.9 Å². The number of hydrogen-bond acceptors (Lipinski definition) is 3. The predicted octanol–water partition coefficient (Wildman–Crippen LogP) is 1.26. The van der Waals surface area contributed by atoms with Crippen molar-refractivity contribution in [2.24, 2.45) is 10.9 Å². The molecule has 2 atom stereocenters. The Bertz CT molecular complexity index is 664. The minimum atomic E-state index is 0.175. The number of benzene rings is 1. The van der Waals surface area contributed by atoms with Gasteiger partial charge >= 0.3 is 0 Å². The molecule has 1 amide bonds. The molecule has 2 aliphatic carbocycles. The lowest BCUT2D eigenvalue weighted by Crippen LogP contribution is -2.54. The van der Waals surface area contributed by atoms with Gasteiger partial charge in [0.15, 0.2) is 5.96 Å². The average molecular weight is 370 g/mol. The lowest BCUT2D eigenvalue weighted by Gasteiger charge is -2.36. The van der Waals surface area contributed by atoms with Gasteiger partial charge in [-0.3, -0.25) is 14.7 Å². The first-order valence-corrected chi connectivity index (χ1v) is 10.2. The summed E-state index contributed by atoms with van der Waals surface area (Å²) in [6, 6.07) is 11.2. The Balaban J connectivity index is 1.18. The van der Waals surface area contributed by atoms with Crippen LogP contribution in [0.3, 0.4) is 0 Å². The first-order valence-electron chi connectivity index (χ1n) is 10.2. The zero-order chi connectivity index (χ0) is 18.6. The Kier molecular flexibility index (Phi) is 5.62. The molecular weight excluding hydrogens is 338 g/mol. The maximum atomic E-state index is 12.0. The Hall–Kier alpha value is -2.08. The Morgan fingerprint density at radius 2 is 1.89 bits per heavy atom. The topological polar surface area (TPSA) is 60.0 Å². The number of amides is 1. The number of guanidine groups is 1. The van der Waals surface area contributed by atoms with E-state index >= 15 is 0 Å². The molecule has 4 rings (SSSR count). The van der Waals surface area contributed by atoms with E-state index < -0.39 is 0 Å². The SMILES string of the molecule is CN=C(NCC1CC1c1ccccc1)N1CCN(CC(=O)NC2CC2)CC1. The summed E-state index contributed by atoms with van der Waals surface area (Å²) in [7, 11) is 1.86. The number of hydrogen-bond donors (Lipinski definition) is 2. The van der Waals surface area contributed by atoms with Crippen LogP contribution in [0.1, 0.15) is 30.7 Å². The molecule has 2 unspecified atom stereocenters. The van der Waals surface area contributed by atoms with Crippen molar-refractivity contribution in [1.29, 1.82) is 0 Å². The number of carbonyl (C=O) groups excluding carboxylic acids is 1. The van der Waals surface area contributed by atoms with Gasteiger partial charge in [-0.2, -0.15) is 0 Å².